The van der Waals surface area contributed by atoms with Gasteiger partial charge >= 0.3 is 5.97 Å². The van der Waals surface area contributed by atoms with Crippen LogP contribution in [0.3, 0.4) is 0 Å². The molecule has 1 spiro atoms. The molecule has 0 bridgehead atoms. The van der Waals surface area contributed by atoms with Gasteiger partial charge in [0, 0.05) is 23.1 Å². The van der Waals surface area contributed by atoms with Crippen LogP contribution in [0.4, 0.5) is 0 Å². The molecule has 2 aromatic rings. The van der Waals surface area contributed by atoms with Gasteiger partial charge in [-0.1, -0.05) is 30.3 Å². The van der Waals surface area contributed by atoms with Crippen LogP contribution in [-0.4, -0.2) is 50.6 Å². The van der Waals surface area contributed by atoms with Gasteiger partial charge < -0.3 is 15.3 Å². The van der Waals surface area contributed by atoms with E-state index in [0.29, 0.717) is 0 Å². The van der Waals surface area contributed by atoms with E-state index < -0.39 is 41.6 Å². The number of amides is 2. The molecule has 1 aromatic heterocycles. The standard InChI is InChI=1S/C21H21N3O5S/c25-15-9-21(7-4-8-21)24(20(29)17(15)18(28)22-11-16(26)27)12-14-10-23-19(30-14)13-5-2-1-3-6-13/h1-3,5-6,10,17H,4,7-9,11-12H2,(H,22,28)(H,26,27). The SMILES string of the molecule is O=C(O)CNC(=O)C1C(=O)CC2(CCC2)N(Cc2cnc(-c3ccccc3)s2)C1=O. The fraction of sp³-hybridized carbons (Fsp3) is 0.381. The maximum atomic E-state index is 13.2. The molecule has 30 heavy (non-hydrogen) atoms. The van der Waals surface area contributed by atoms with Crippen molar-refractivity contribution >= 4 is 34.9 Å². The van der Waals surface area contributed by atoms with Crippen molar-refractivity contribution in [3.63, 3.8) is 0 Å². The van der Waals surface area contributed by atoms with Crippen LogP contribution in [0.15, 0.2) is 36.5 Å². The van der Waals surface area contributed by atoms with Crippen LogP contribution >= 0.6 is 11.3 Å². The van der Waals surface area contributed by atoms with Crippen LogP contribution in [-0.2, 0) is 25.7 Å². The predicted molar refractivity (Wildman–Crippen MR) is 108 cm³/mol. The summed E-state index contributed by atoms with van der Waals surface area (Å²) in [5, 5.41) is 11.8. The van der Waals surface area contributed by atoms with Gasteiger partial charge in [0.25, 0.3) is 0 Å². The molecular weight excluding hydrogens is 406 g/mol. The Balaban J connectivity index is 1.56. The van der Waals surface area contributed by atoms with E-state index in [1.165, 1.54) is 11.3 Å². The second-order valence-corrected chi connectivity index (χ2v) is 8.80. The summed E-state index contributed by atoms with van der Waals surface area (Å²) in [5.74, 6) is -4.56. The molecule has 8 nitrogen and oxygen atoms in total. The lowest BCUT2D eigenvalue weighted by atomic mass is 9.67. The Morgan fingerprint density at radius 3 is 2.60 bits per heavy atom. The summed E-state index contributed by atoms with van der Waals surface area (Å²) in [6.07, 6.45) is 4.21. The number of Topliss-reactive ketones (excluding diaryl/α,β-unsaturated/α-hetero) is 1. The van der Waals surface area contributed by atoms with Gasteiger partial charge in [-0.25, -0.2) is 4.98 Å². The zero-order valence-electron chi connectivity index (χ0n) is 16.2. The highest BCUT2D eigenvalue weighted by molar-refractivity contribution is 7.15. The topological polar surface area (TPSA) is 117 Å². The first-order chi connectivity index (χ1) is 14.4. The van der Waals surface area contributed by atoms with E-state index in [1.807, 2.05) is 30.3 Å². The summed E-state index contributed by atoms with van der Waals surface area (Å²) >= 11 is 1.47. The van der Waals surface area contributed by atoms with Crippen LogP contribution in [0.25, 0.3) is 10.6 Å². The fourth-order valence-electron chi connectivity index (χ4n) is 4.10. The Labute approximate surface area is 176 Å². The van der Waals surface area contributed by atoms with Crippen LogP contribution in [0.5, 0.6) is 0 Å². The monoisotopic (exact) mass is 427 g/mol. The van der Waals surface area contributed by atoms with Crippen molar-refractivity contribution in [3.05, 3.63) is 41.4 Å². The number of hydrogen-bond acceptors (Lipinski definition) is 6. The van der Waals surface area contributed by atoms with Crippen molar-refractivity contribution in [1.82, 2.24) is 15.2 Å². The highest BCUT2D eigenvalue weighted by Gasteiger charge is 2.55. The highest BCUT2D eigenvalue weighted by Crippen LogP contribution is 2.46. The Morgan fingerprint density at radius 2 is 1.97 bits per heavy atom. The zero-order chi connectivity index (χ0) is 21.3. The maximum Gasteiger partial charge on any atom is 0.322 e. The average Bonchev–Trinajstić information content (AvgIpc) is 3.16. The van der Waals surface area contributed by atoms with E-state index in [1.54, 1.807) is 11.1 Å². The maximum absolute atomic E-state index is 13.2. The van der Waals surface area contributed by atoms with Gasteiger partial charge in [-0.05, 0) is 19.3 Å². The van der Waals surface area contributed by atoms with Crippen molar-refractivity contribution in [3.8, 4) is 10.6 Å². The third-order valence-corrected chi connectivity index (χ3v) is 6.79. The van der Waals surface area contributed by atoms with Gasteiger partial charge in [0.2, 0.25) is 11.8 Å². The summed E-state index contributed by atoms with van der Waals surface area (Å²) in [6.45, 7) is -0.352. The fourth-order valence-corrected chi connectivity index (χ4v) is 5.01. The van der Waals surface area contributed by atoms with Gasteiger partial charge in [0.05, 0.1) is 12.1 Å². The van der Waals surface area contributed by atoms with Crippen molar-refractivity contribution in [2.75, 3.05) is 6.54 Å². The van der Waals surface area contributed by atoms with E-state index in [9.17, 15) is 19.2 Å². The largest absolute Gasteiger partial charge is 0.480 e. The molecule has 2 N–H and O–H groups in total. The number of nitrogens with zero attached hydrogens (tertiary/aromatic N) is 2. The van der Waals surface area contributed by atoms with E-state index >= 15 is 0 Å². The Hall–Kier alpha value is -3.07. The zero-order valence-corrected chi connectivity index (χ0v) is 17.0. The number of piperidine rings is 1. The summed E-state index contributed by atoms with van der Waals surface area (Å²) < 4.78 is 0. The summed E-state index contributed by atoms with van der Waals surface area (Å²) in [7, 11) is 0. The van der Waals surface area contributed by atoms with Gasteiger partial charge in [-0.15, -0.1) is 11.3 Å². The minimum Gasteiger partial charge on any atom is -0.480 e. The normalized spacial score (nSPS) is 20.1. The molecule has 1 unspecified atom stereocenters. The van der Waals surface area contributed by atoms with Crippen molar-refractivity contribution in [2.24, 2.45) is 5.92 Å². The number of carbonyl (C=O) groups is 4. The van der Waals surface area contributed by atoms with E-state index in [-0.39, 0.29) is 13.0 Å². The lowest BCUT2D eigenvalue weighted by Crippen LogP contribution is -2.65. The molecular formula is C21H21N3O5S. The minimum absolute atomic E-state index is 0.119. The number of benzene rings is 1. The third kappa shape index (κ3) is 3.72. The average molecular weight is 427 g/mol. The third-order valence-electron chi connectivity index (χ3n) is 5.76. The molecule has 4 rings (SSSR count). The van der Waals surface area contributed by atoms with Gasteiger partial charge in [0.1, 0.15) is 11.6 Å². The van der Waals surface area contributed by atoms with Crippen molar-refractivity contribution in [1.29, 1.82) is 0 Å². The van der Waals surface area contributed by atoms with Gasteiger partial charge in [-0.2, -0.15) is 0 Å². The number of likely N-dealkylation sites (tertiary alicyclic amines) is 1. The quantitative estimate of drug-likeness (QED) is 0.680. The van der Waals surface area contributed by atoms with Crippen LogP contribution in [0, 0.1) is 5.92 Å². The van der Waals surface area contributed by atoms with E-state index in [2.05, 4.69) is 10.3 Å². The number of rotatable bonds is 6. The number of nitrogens with one attached hydrogen (secondary N) is 1. The molecule has 1 aliphatic heterocycles. The number of aromatic nitrogens is 1. The highest BCUT2D eigenvalue weighted by atomic mass is 32.1. The second-order valence-electron chi connectivity index (χ2n) is 7.69. The summed E-state index contributed by atoms with van der Waals surface area (Å²) in [4.78, 5) is 55.9. The first-order valence-electron chi connectivity index (χ1n) is 9.73. The van der Waals surface area contributed by atoms with E-state index in [0.717, 1.165) is 34.7 Å². The summed E-state index contributed by atoms with van der Waals surface area (Å²) in [5.41, 5.74) is 0.437. The molecule has 2 aliphatic rings. The van der Waals surface area contributed by atoms with Gasteiger partial charge in [0.15, 0.2) is 11.7 Å². The molecule has 1 atom stereocenters. The Kier molecular flexibility index (Phi) is 5.38. The summed E-state index contributed by atoms with van der Waals surface area (Å²) in [6, 6.07) is 9.71. The number of ketones is 1. The Bertz CT molecular complexity index is 999. The van der Waals surface area contributed by atoms with Crippen LogP contribution in [0.2, 0.25) is 0 Å². The molecule has 2 fully saturated rings. The predicted octanol–water partition coefficient (Wildman–Crippen LogP) is 1.85. The van der Waals surface area contributed by atoms with Crippen LogP contribution in [0.1, 0.15) is 30.6 Å². The first kappa shape index (κ1) is 20.2. The number of thiazole rings is 1. The smallest absolute Gasteiger partial charge is 0.322 e. The minimum atomic E-state index is -1.49. The molecule has 156 valence electrons. The molecule has 2 amide bonds. The molecule has 1 aliphatic carbocycles. The van der Waals surface area contributed by atoms with E-state index in [4.69, 9.17) is 5.11 Å². The molecule has 1 saturated heterocycles. The second kappa shape index (κ2) is 7.98. The van der Waals surface area contributed by atoms with Gasteiger partial charge in [-0.3, -0.25) is 19.2 Å². The van der Waals surface area contributed by atoms with Crippen molar-refractivity contribution in [2.45, 2.75) is 37.8 Å². The number of carbonyl (C=O) groups excluding carboxylic acids is 3. The molecule has 1 saturated carbocycles. The number of aliphatic carboxylic acids is 1. The van der Waals surface area contributed by atoms with Crippen LogP contribution < -0.4 is 5.32 Å². The lowest BCUT2D eigenvalue weighted by molar-refractivity contribution is -0.164. The number of carboxylic acid groups (broad SMARTS) is 1. The molecule has 0 radical (unpaired) electrons. The van der Waals surface area contributed by atoms with Crippen molar-refractivity contribution < 1.29 is 24.3 Å². The molecule has 1 aromatic carbocycles. The number of hydrogen-bond donors (Lipinski definition) is 2. The lowest BCUT2D eigenvalue weighted by Gasteiger charge is -2.53. The Morgan fingerprint density at radius 1 is 1.23 bits per heavy atom. The molecule has 2 heterocycles. The first-order valence-corrected chi connectivity index (χ1v) is 10.6. The number of carboxylic acids is 1. The molecule has 9 heteroatoms.